The molecule has 0 spiro atoms. The Balaban J connectivity index is 1.29. The highest BCUT2D eigenvalue weighted by molar-refractivity contribution is 6.12. The van der Waals surface area contributed by atoms with Crippen molar-refractivity contribution in [2.75, 3.05) is 45.4 Å². The van der Waals surface area contributed by atoms with E-state index in [-0.39, 0.29) is 63.0 Å². The van der Waals surface area contributed by atoms with Crippen LogP contribution in [-0.2, 0) is 40.4 Å². The highest BCUT2D eigenvalue weighted by Gasteiger charge is 2.24. The highest BCUT2D eigenvalue weighted by Crippen LogP contribution is 2.37. The van der Waals surface area contributed by atoms with Crippen LogP contribution < -0.4 is 31.6 Å². The Bertz CT molecular complexity index is 3130. The number of primary amides is 2. The van der Waals surface area contributed by atoms with Crippen LogP contribution in [0.15, 0.2) is 54.7 Å². The minimum absolute atomic E-state index is 0.0874. The molecule has 0 aliphatic rings. The number of amides is 4. The van der Waals surface area contributed by atoms with Crippen molar-refractivity contribution in [2.24, 2.45) is 11.5 Å². The van der Waals surface area contributed by atoms with E-state index >= 15 is 0 Å². The predicted octanol–water partition coefficient (Wildman–Crippen LogP) is 4.74. The fourth-order valence-corrected chi connectivity index (χ4v) is 7.85. The average Bonchev–Trinajstić information content (AvgIpc) is 4.09. The molecule has 5 heterocycles. The Labute approximate surface area is 400 Å². The Morgan fingerprint density at radius 2 is 1.41 bits per heavy atom. The summed E-state index contributed by atoms with van der Waals surface area (Å²) in [6.07, 6.45) is 5.24. The first-order valence-corrected chi connectivity index (χ1v) is 22.6. The van der Waals surface area contributed by atoms with E-state index in [1.165, 1.54) is 0 Å². The molecule has 368 valence electrons. The van der Waals surface area contributed by atoms with Gasteiger partial charge in [0.15, 0.2) is 5.82 Å². The van der Waals surface area contributed by atoms with Crippen molar-refractivity contribution in [3.05, 3.63) is 83.0 Å². The summed E-state index contributed by atoms with van der Waals surface area (Å²) in [5, 5.41) is 24.6. The van der Waals surface area contributed by atoms with Gasteiger partial charge in [0.2, 0.25) is 17.8 Å². The largest absolute Gasteiger partial charge is 0.491 e. The first-order chi connectivity index (χ1) is 33.7. The first kappa shape index (κ1) is 49.6. The van der Waals surface area contributed by atoms with Crippen LogP contribution >= 0.6 is 0 Å². The third-order valence-corrected chi connectivity index (χ3v) is 11.0. The molecule has 0 unspecified atom stereocenters. The molecule has 7 aromatic rings. The third kappa shape index (κ3) is 11.2. The molecule has 0 fully saturated rings. The van der Waals surface area contributed by atoms with Crippen LogP contribution in [0.2, 0.25) is 0 Å². The summed E-state index contributed by atoms with van der Waals surface area (Å²) in [5.74, 6) is -1.69. The van der Waals surface area contributed by atoms with Crippen molar-refractivity contribution in [3.63, 3.8) is 0 Å². The summed E-state index contributed by atoms with van der Waals surface area (Å²) in [6.45, 7) is 9.56. The van der Waals surface area contributed by atoms with E-state index in [1.54, 1.807) is 59.8 Å². The molecule has 0 saturated heterocycles. The molecule has 4 amide bonds. The molecule has 5 aromatic heterocycles. The third-order valence-electron chi connectivity index (χ3n) is 11.0. The smallest absolute Gasteiger partial charge is 0.407 e. The Hall–Kier alpha value is -8.34. The van der Waals surface area contributed by atoms with E-state index in [9.17, 15) is 24.0 Å². The zero-order valence-electron chi connectivity index (χ0n) is 39.5. The molecular weight excluding hydrogens is 907 g/mol. The molecule has 0 atom stereocenters. The molecule has 0 aliphatic heterocycles. The number of imidazole rings is 1. The van der Waals surface area contributed by atoms with Crippen LogP contribution in [-0.4, -0.2) is 119 Å². The van der Waals surface area contributed by atoms with Crippen molar-refractivity contribution in [3.8, 4) is 23.0 Å². The molecule has 0 radical (unpaired) electrons. The number of carboxylic acid groups (broad SMARTS) is 1. The maximum atomic E-state index is 13.9. The molecule has 0 aliphatic carbocycles. The number of ether oxygens (including phenoxy) is 4. The number of benzene rings is 2. The number of nitrogens with two attached hydrogens (primary N) is 2. The maximum absolute atomic E-state index is 13.9. The van der Waals surface area contributed by atoms with Gasteiger partial charge in [0, 0.05) is 81.0 Å². The van der Waals surface area contributed by atoms with E-state index in [2.05, 4.69) is 20.8 Å². The molecular formula is C47H55N13O10. The van der Waals surface area contributed by atoms with Crippen LogP contribution in [0, 0.1) is 13.8 Å². The lowest BCUT2D eigenvalue weighted by atomic mass is 10.1. The number of carboxylic acids is 1. The van der Waals surface area contributed by atoms with Gasteiger partial charge in [-0.2, -0.15) is 10.2 Å². The molecule has 7 rings (SSSR count). The van der Waals surface area contributed by atoms with Gasteiger partial charge >= 0.3 is 12.1 Å². The van der Waals surface area contributed by atoms with E-state index in [0.717, 1.165) is 5.69 Å². The Kier molecular flexibility index (Phi) is 15.7. The van der Waals surface area contributed by atoms with Gasteiger partial charge in [-0.1, -0.05) is 12.2 Å². The van der Waals surface area contributed by atoms with Crippen molar-refractivity contribution in [1.82, 2.24) is 49.0 Å². The number of hydrogen-bond donors (Lipinski definition) is 5. The monoisotopic (exact) mass is 961 g/mol. The van der Waals surface area contributed by atoms with Crippen molar-refractivity contribution in [2.45, 2.75) is 73.1 Å². The molecule has 0 saturated carbocycles. The van der Waals surface area contributed by atoms with Gasteiger partial charge in [-0.05, 0) is 70.5 Å². The minimum Gasteiger partial charge on any atom is -0.491 e. The van der Waals surface area contributed by atoms with Gasteiger partial charge in [0.1, 0.15) is 40.7 Å². The van der Waals surface area contributed by atoms with Crippen LogP contribution in [0.5, 0.6) is 11.5 Å². The quantitative estimate of drug-likeness (QED) is 0.0404. The summed E-state index contributed by atoms with van der Waals surface area (Å²) in [6, 6.07) is 9.89. The van der Waals surface area contributed by atoms with Crippen molar-refractivity contribution in [1.29, 1.82) is 0 Å². The summed E-state index contributed by atoms with van der Waals surface area (Å²) < 4.78 is 29.8. The summed E-state index contributed by atoms with van der Waals surface area (Å²) in [7, 11) is 1.59. The number of aliphatic carboxylic acids is 1. The lowest BCUT2D eigenvalue weighted by molar-refractivity contribution is -0.137. The number of hydrogen-bond acceptors (Lipinski definition) is 14. The summed E-state index contributed by atoms with van der Waals surface area (Å²) >= 11 is 0. The van der Waals surface area contributed by atoms with Gasteiger partial charge < -0.3 is 50.0 Å². The highest BCUT2D eigenvalue weighted by atomic mass is 16.5. The number of anilines is 1. The number of aryl methyl sites for hydroxylation is 4. The van der Waals surface area contributed by atoms with Gasteiger partial charge in [-0.25, -0.2) is 19.7 Å². The van der Waals surface area contributed by atoms with E-state index in [4.69, 9.17) is 50.5 Å². The Morgan fingerprint density at radius 1 is 0.757 bits per heavy atom. The zero-order chi connectivity index (χ0) is 50.1. The molecule has 0 bridgehead atoms. The Morgan fingerprint density at radius 3 is 2.10 bits per heavy atom. The van der Waals surface area contributed by atoms with Crippen LogP contribution in [0.4, 0.5) is 10.7 Å². The van der Waals surface area contributed by atoms with E-state index < -0.39 is 29.8 Å². The van der Waals surface area contributed by atoms with Gasteiger partial charge in [-0.3, -0.25) is 33.9 Å². The van der Waals surface area contributed by atoms with Gasteiger partial charge in [0.05, 0.1) is 42.1 Å². The molecule has 23 heteroatoms. The number of methoxy groups -OCH3 is 1. The van der Waals surface area contributed by atoms with E-state index in [1.807, 2.05) is 48.2 Å². The van der Waals surface area contributed by atoms with Crippen LogP contribution in [0.3, 0.4) is 0 Å². The van der Waals surface area contributed by atoms with Crippen molar-refractivity contribution < 1.29 is 48.0 Å². The number of nitrogens with one attached hydrogen (secondary N) is 2. The molecule has 23 nitrogen and oxygen atoms in total. The van der Waals surface area contributed by atoms with Gasteiger partial charge in [-0.15, -0.1) is 0 Å². The zero-order valence-corrected chi connectivity index (χ0v) is 39.5. The summed E-state index contributed by atoms with van der Waals surface area (Å²) in [4.78, 5) is 76.7. The second-order valence-corrected chi connectivity index (χ2v) is 16.0. The lowest BCUT2D eigenvalue weighted by Crippen LogP contribution is -2.27. The standard InChI is InChI=1S/C47H55N13O10/c1-6-59-34(20-27(3)55-59)43-51-26-32-31-22-29(41(48)63)24-36(68-17-10-13-50-47(66)70-19-12-38(61)62)39(31)57(44(32)53-43)14-8-9-15-58-40-33(23-30(42(49)64)25-37(40)69-18-11-16-67-5)52-46(58)54-45(65)35-21-28(4)56-60(35)7-2/h8-9,20-26H,6-7,10-19H2,1-5H3,(H2,48,63)(H2,49,64)(H,50,66)(H,61,62)(H,52,54,65). The SMILES string of the molecule is CCn1nc(C)cc1C(=O)Nc1nc2cc(C(N)=O)cc(OCCCOC)c2n1CC=CCn1c2nc(-c3cc(C)nn3CC)ncc2c2cc(C(N)=O)cc(OCCCNC(=O)OCCC(=O)O)c21. The van der Waals surface area contributed by atoms with Crippen molar-refractivity contribution >= 4 is 68.7 Å². The molecule has 70 heavy (non-hydrogen) atoms. The lowest BCUT2D eigenvalue weighted by Gasteiger charge is -2.13. The number of carbonyl (C=O) groups excluding carboxylic acids is 4. The number of rotatable bonds is 24. The minimum atomic E-state index is -1.09. The van der Waals surface area contributed by atoms with E-state index in [0.29, 0.717) is 99.9 Å². The topological polar surface area (TPSA) is 303 Å². The first-order valence-electron chi connectivity index (χ1n) is 22.6. The number of aromatic nitrogens is 9. The molecule has 7 N–H and O–H groups in total. The van der Waals surface area contributed by atoms with Gasteiger partial charge in [0.25, 0.3) is 5.91 Å². The number of fused-ring (bicyclic) bond motifs is 4. The predicted molar refractivity (Wildman–Crippen MR) is 257 cm³/mol. The summed E-state index contributed by atoms with van der Waals surface area (Å²) in [5.41, 5.74) is 16.4. The average molecular weight is 962 g/mol. The molecule has 2 aromatic carbocycles. The normalized spacial score (nSPS) is 11.5. The van der Waals surface area contributed by atoms with Crippen LogP contribution in [0.1, 0.15) is 75.7 Å². The fraction of sp³-hybridized carbons (Fsp3) is 0.362. The number of carbonyl (C=O) groups is 5. The second kappa shape index (κ2) is 22.2. The maximum Gasteiger partial charge on any atom is 0.407 e. The number of allylic oxidation sites excluding steroid dienone is 2. The fourth-order valence-electron chi connectivity index (χ4n) is 7.85. The second-order valence-electron chi connectivity index (χ2n) is 16.0. The number of alkyl carbamates (subject to hydrolysis) is 1. The van der Waals surface area contributed by atoms with Crippen LogP contribution in [0.25, 0.3) is 44.5 Å². The number of nitrogens with zero attached hydrogens (tertiary/aromatic N) is 9.